The van der Waals surface area contributed by atoms with Gasteiger partial charge in [-0.2, -0.15) is 0 Å². The summed E-state index contributed by atoms with van der Waals surface area (Å²) >= 11 is 3.39. The summed E-state index contributed by atoms with van der Waals surface area (Å²) in [7, 11) is 0. The summed E-state index contributed by atoms with van der Waals surface area (Å²) < 4.78 is 7.51. The van der Waals surface area contributed by atoms with E-state index in [9.17, 15) is 4.79 Å². The molecule has 0 bridgehead atoms. The number of nitrogens with zero attached hydrogens (tertiary/aromatic N) is 3. The third kappa shape index (κ3) is 2.67. The van der Waals surface area contributed by atoms with Crippen LogP contribution in [-0.4, -0.2) is 27.3 Å². The molecule has 1 aromatic heterocycles. The molecule has 18 heavy (non-hydrogen) atoms. The van der Waals surface area contributed by atoms with Gasteiger partial charge in [-0.3, -0.25) is 4.79 Å². The highest BCUT2D eigenvalue weighted by Crippen LogP contribution is 2.21. The fourth-order valence-corrected chi connectivity index (χ4v) is 1.60. The molecule has 0 amide bonds. The van der Waals surface area contributed by atoms with Crippen LogP contribution in [0.4, 0.5) is 5.95 Å². The maximum Gasteiger partial charge on any atom is 0.272 e. The van der Waals surface area contributed by atoms with Gasteiger partial charge < -0.3 is 10.5 Å². The standard InChI is InChI=1S/C11H11BrN4O2/c1-7-4-8(2-3-9(7)12)18-5-10(17)16-6-14-15-11(16)13/h2-4,6H,5H2,1H3,(H2,13,15). The van der Waals surface area contributed by atoms with Crippen LogP contribution in [0.3, 0.4) is 0 Å². The number of carbonyl (C=O) groups is 1. The predicted molar refractivity (Wildman–Crippen MR) is 69.4 cm³/mol. The van der Waals surface area contributed by atoms with Crippen molar-refractivity contribution in [2.24, 2.45) is 0 Å². The third-order valence-corrected chi connectivity index (χ3v) is 3.22. The zero-order valence-corrected chi connectivity index (χ0v) is 11.2. The van der Waals surface area contributed by atoms with E-state index >= 15 is 0 Å². The van der Waals surface area contributed by atoms with Crippen molar-refractivity contribution in [3.8, 4) is 5.75 Å². The second-order valence-corrected chi connectivity index (χ2v) is 4.51. The first-order valence-corrected chi connectivity index (χ1v) is 5.95. The third-order valence-electron chi connectivity index (χ3n) is 2.33. The molecular weight excluding hydrogens is 300 g/mol. The molecule has 0 atom stereocenters. The van der Waals surface area contributed by atoms with Crippen molar-refractivity contribution in [2.75, 3.05) is 12.3 Å². The van der Waals surface area contributed by atoms with Gasteiger partial charge in [0.05, 0.1) is 0 Å². The number of rotatable bonds is 3. The summed E-state index contributed by atoms with van der Waals surface area (Å²) in [5.41, 5.74) is 6.49. The maximum atomic E-state index is 11.7. The predicted octanol–water partition coefficient (Wildman–Crippen LogP) is 1.65. The molecule has 2 aromatic rings. The number of hydrogen-bond acceptors (Lipinski definition) is 5. The summed E-state index contributed by atoms with van der Waals surface area (Å²) in [6.07, 6.45) is 1.26. The highest BCUT2D eigenvalue weighted by atomic mass is 79.9. The first-order chi connectivity index (χ1) is 8.58. The number of aromatic nitrogens is 3. The van der Waals surface area contributed by atoms with Gasteiger partial charge in [0.2, 0.25) is 5.95 Å². The average molecular weight is 311 g/mol. The molecule has 0 spiro atoms. The van der Waals surface area contributed by atoms with Gasteiger partial charge in [-0.05, 0) is 30.7 Å². The van der Waals surface area contributed by atoms with Crippen molar-refractivity contribution in [1.29, 1.82) is 0 Å². The van der Waals surface area contributed by atoms with Gasteiger partial charge >= 0.3 is 0 Å². The largest absolute Gasteiger partial charge is 0.484 e. The smallest absolute Gasteiger partial charge is 0.272 e. The summed E-state index contributed by atoms with van der Waals surface area (Å²) in [5.74, 6) is 0.351. The van der Waals surface area contributed by atoms with Crippen molar-refractivity contribution < 1.29 is 9.53 Å². The van der Waals surface area contributed by atoms with Crippen LogP contribution in [0.25, 0.3) is 0 Å². The van der Waals surface area contributed by atoms with Crippen LogP contribution in [0.1, 0.15) is 10.4 Å². The molecule has 0 fully saturated rings. The van der Waals surface area contributed by atoms with Gasteiger partial charge in [-0.15, -0.1) is 10.2 Å². The molecular formula is C11H11BrN4O2. The van der Waals surface area contributed by atoms with E-state index in [0.717, 1.165) is 14.6 Å². The Kier molecular flexibility index (Phi) is 3.61. The lowest BCUT2D eigenvalue weighted by Gasteiger charge is -2.07. The van der Waals surface area contributed by atoms with E-state index in [0.29, 0.717) is 5.75 Å². The molecule has 0 aliphatic carbocycles. The average Bonchev–Trinajstić information content (AvgIpc) is 2.77. The molecule has 0 aliphatic heterocycles. The Morgan fingerprint density at radius 3 is 2.94 bits per heavy atom. The molecule has 1 heterocycles. The number of ether oxygens (including phenoxy) is 1. The number of aryl methyl sites for hydroxylation is 1. The minimum absolute atomic E-state index is 0.0515. The van der Waals surface area contributed by atoms with E-state index in [2.05, 4.69) is 26.1 Å². The molecule has 94 valence electrons. The minimum Gasteiger partial charge on any atom is -0.484 e. The van der Waals surface area contributed by atoms with Gasteiger partial charge in [-0.25, -0.2) is 4.57 Å². The Balaban J connectivity index is 2.02. The lowest BCUT2D eigenvalue weighted by molar-refractivity contribution is 0.0840. The molecule has 0 saturated heterocycles. The number of nitrogens with two attached hydrogens (primary N) is 1. The number of anilines is 1. The molecule has 6 nitrogen and oxygen atoms in total. The topological polar surface area (TPSA) is 83.0 Å². The molecule has 2 rings (SSSR count). The van der Waals surface area contributed by atoms with Crippen LogP contribution in [0, 0.1) is 6.92 Å². The highest BCUT2D eigenvalue weighted by molar-refractivity contribution is 9.10. The van der Waals surface area contributed by atoms with Crippen LogP contribution in [0.2, 0.25) is 0 Å². The van der Waals surface area contributed by atoms with Crippen LogP contribution >= 0.6 is 15.9 Å². The first kappa shape index (κ1) is 12.6. The zero-order valence-electron chi connectivity index (χ0n) is 9.63. The highest BCUT2D eigenvalue weighted by Gasteiger charge is 2.10. The van der Waals surface area contributed by atoms with Crippen LogP contribution in [-0.2, 0) is 0 Å². The molecule has 0 unspecified atom stereocenters. The van der Waals surface area contributed by atoms with Gasteiger partial charge in [0.1, 0.15) is 12.1 Å². The Morgan fingerprint density at radius 1 is 1.56 bits per heavy atom. The van der Waals surface area contributed by atoms with Crippen LogP contribution in [0.5, 0.6) is 5.75 Å². The number of hydrogen-bond donors (Lipinski definition) is 1. The molecule has 1 aromatic carbocycles. The Labute approximate surface area is 112 Å². The van der Waals surface area contributed by atoms with Gasteiger partial charge in [0, 0.05) is 4.47 Å². The van der Waals surface area contributed by atoms with Crippen LogP contribution < -0.4 is 10.5 Å². The first-order valence-electron chi connectivity index (χ1n) is 5.15. The van der Waals surface area contributed by atoms with Crippen molar-refractivity contribution in [3.05, 3.63) is 34.6 Å². The van der Waals surface area contributed by atoms with E-state index in [1.165, 1.54) is 6.33 Å². The molecule has 7 heteroatoms. The normalized spacial score (nSPS) is 10.3. The molecule has 0 radical (unpaired) electrons. The van der Waals surface area contributed by atoms with Crippen molar-refractivity contribution in [1.82, 2.24) is 14.8 Å². The number of nitrogen functional groups attached to an aromatic ring is 1. The number of carbonyl (C=O) groups excluding carboxylic acids is 1. The Morgan fingerprint density at radius 2 is 2.33 bits per heavy atom. The Hall–Kier alpha value is -1.89. The van der Waals surface area contributed by atoms with Crippen molar-refractivity contribution in [3.63, 3.8) is 0 Å². The summed E-state index contributed by atoms with van der Waals surface area (Å²) in [5, 5.41) is 7.06. The fourth-order valence-electron chi connectivity index (χ4n) is 1.36. The number of halogens is 1. The maximum absolute atomic E-state index is 11.7. The molecule has 2 N–H and O–H groups in total. The van der Waals surface area contributed by atoms with E-state index < -0.39 is 0 Å². The van der Waals surface area contributed by atoms with Gasteiger partial charge in [0.25, 0.3) is 5.91 Å². The van der Waals surface area contributed by atoms with E-state index in [1.807, 2.05) is 19.1 Å². The SMILES string of the molecule is Cc1cc(OCC(=O)n2cnnc2N)ccc1Br. The van der Waals surface area contributed by atoms with Crippen molar-refractivity contribution >= 4 is 27.8 Å². The molecule has 0 saturated carbocycles. The summed E-state index contributed by atoms with van der Waals surface area (Å²) in [6.45, 7) is 1.82. The Bertz CT molecular complexity index is 582. The van der Waals surface area contributed by atoms with E-state index in [-0.39, 0.29) is 18.5 Å². The van der Waals surface area contributed by atoms with E-state index in [1.54, 1.807) is 6.07 Å². The van der Waals surface area contributed by atoms with E-state index in [4.69, 9.17) is 10.5 Å². The second kappa shape index (κ2) is 5.18. The van der Waals surface area contributed by atoms with Crippen LogP contribution in [0.15, 0.2) is 29.0 Å². The second-order valence-electron chi connectivity index (χ2n) is 3.65. The fraction of sp³-hybridized carbons (Fsp3) is 0.182. The quantitative estimate of drug-likeness (QED) is 0.932. The van der Waals surface area contributed by atoms with Crippen molar-refractivity contribution in [2.45, 2.75) is 6.92 Å². The number of benzene rings is 1. The lowest BCUT2D eigenvalue weighted by atomic mass is 10.2. The summed E-state index contributed by atoms with van der Waals surface area (Å²) in [4.78, 5) is 11.7. The minimum atomic E-state index is -0.321. The van der Waals surface area contributed by atoms with Gasteiger partial charge in [0.15, 0.2) is 6.61 Å². The zero-order chi connectivity index (χ0) is 13.1. The summed E-state index contributed by atoms with van der Waals surface area (Å²) in [6, 6.07) is 5.48. The molecule has 0 aliphatic rings. The lowest BCUT2D eigenvalue weighted by Crippen LogP contribution is -2.20. The monoisotopic (exact) mass is 310 g/mol. The van der Waals surface area contributed by atoms with Gasteiger partial charge in [-0.1, -0.05) is 15.9 Å².